The van der Waals surface area contributed by atoms with Crippen molar-refractivity contribution in [2.75, 3.05) is 19.0 Å². The molecule has 3 amide bonds. The van der Waals surface area contributed by atoms with Gasteiger partial charge in [0.05, 0.1) is 24.8 Å². The number of aryl methyl sites for hydroxylation is 1. The first-order valence-electron chi connectivity index (χ1n) is 12.4. The molecule has 3 aromatic rings. The monoisotopic (exact) mass is 534 g/mol. The number of methoxy groups -OCH3 is 1. The second-order valence-corrected chi connectivity index (χ2v) is 10.6. The summed E-state index contributed by atoms with van der Waals surface area (Å²) in [6, 6.07) is 12.8. The van der Waals surface area contributed by atoms with Gasteiger partial charge in [0.2, 0.25) is 5.91 Å². The zero-order valence-electron chi connectivity index (χ0n) is 22.0. The number of amides is 3. The number of carbonyl (C=O) groups is 4. The van der Waals surface area contributed by atoms with E-state index in [1.165, 1.54) is 18.4 Å². The highest BCUT2D eigenvalue weighted by Gasteiger charge is 2.43. The molecule has 2 heterocycles. The third-order valence-corrected chi connectivity index (χ3v) is 7.32. The van der Waals surface area contributed by atoms with E-state index in [9.17, 15) is 19.2 Å². The van der Waals surface area contributed by atoms with Gasteiger partial charge in [0, 0.05) is 10.4 Å². The van der Waals surface area contributed by atoms with E-state index in [2.05, 4.69) is 5.32 Å². The molecule has 38 heavy (non-hydrogen) atoms. The average Bonchev–Trinajstić information content (AvgIpc) is 3.35. The molecule has 1 aliphatic rings. The maximum absolute atomic E-state index is 13.7. The lowest BCUT2D eigenvalue weighted by atomic mass is 10.00. The predicted octanol–water partition coefficient (Wildman–Crippen LogP) is 5.56. The third-order valence-electron chi connectivity index (χ3n) is 6.30. The van der Waals surface area contributed by atoms with Crippen molar-refractivity contribution in [3.63, 3.8) is 0 Å². The molecule has 0 saturated carbocycles. The van der Waals surface area contributed by atoms with Crippen molar-refractivity contribution in [1.29, 1.82) is 0 Å². The van der Waals surface area contributed by atoms with Gasteiger partial charge in [0.1, 0.15) is 22.4 Å². The molecule has 1 atom stereocenters. The molecule has 0 saturated heterocycles. The number of ether oxygens (including phenoxy) is 2. The average molecular weight is 535 g/mol. The summed E-state index contributed by atoms with van der Waals surface area (Å²) in [4.78, 5) is 54.8. The molecular weight excluding hydrogens is 504 g/mol. The first-order valence-corrected chi connectivity index (χ1v) is 13.2. The number of hydrogen-bond acceptors (Lipinski definition) is 7. The van der Waals surface area contributed by atoms with Gasteiger partial charge in [-0.3, -0.25) is 19.3 Å². The molecule has 198 valence electrons. The summed E-state index contributed by atoms with van der Waals surface area (Å²) in [5.74, 6) is -1.43. The molecule has 0 aliphatic carbocycles. The van der Waals surface area contributed by atoms with Gasteiger partial charge < -0.3 is 14.8 Å². The van der Waals surface area contributed by atoms with Crippen molar-refractivity contribution in [2.24, 2.45) is 5.92 Å². The van der Waals surface area contributed by atoms with Crippen LogP contribution in [0, 0.1) is 12.8 Å². The minimum absolute atomic E-state index is 0.0135. The van der Waals surface area contributed by atoms with Gasteiger partial charge >= 0.3 is 5.97 Å². The Morgan fingerprint density at radius 1 is 1.00 bits per heavy atom. The van der Waals surface area contributed by atoms with Crippen LogP contribution in [0.25, 0.3) is 11.1 Å². The van der Waals surface area contributed by atoms with E-state index in [1.807, 2.05) is 52.0 Å². The number of nitrogens with one attached hydrogen (secondary N) is 1. The first kappa shape index (κ1) is 27.1. The van der Waals surface area contributed by atoms with Crippen molar-refractivity contribution in [3.8, 4) is 16.9 Å². The fourth-order valence-electron chi connectivity index (χ4n) is 4.62. The number of fused-ring (bicyclic) bond motifs is 1. The Balaban J connectivity index is 1.71. The highest BCUT2D eigenvalue weighted by molar-refractivity contribution is 7.17. The zero-order valence-corrected chi connectivity index (χ0v) is 22.8. The van der Waals surface area contributed by atoms with Crippen LogP contribution in [0.2, 0.25) is 0 Å². The van der Waals surface area contributed by atoms with E-state index >= 15 is 0 Å². The SMILES string of the molecule is CCOc1ccc(-c2c(C)sc(NC(=O)[C@H](CC(C)C)N3C(=O)c4ccccc4C3=O)c2C(=O)OC)cc1. The smallest absolute Gasteiger partial charge is 0.341 e. The van der Waals surface area contributed by atoms with E-state index in [1.54, 1.807) is 24.3 Å². The van der Waals surface area contributed by atoms with Crippen molar-refractivity contribution < 1.29 is 28.7 Å². The topological polar surface area (TPSA) is 102 Å². The van der Waals surface area contributed by atoms with Crippen LogP contribution in [-0.4, -0.2) is 48.3 Å². The summed E-state index contributed by atoms with van der Waals surface area (Å²) in [5.41, 5.74) is 2.18. The van der Waals surface area contributed by atoms with Crippen LogP contribution in [0.4, 0.5) is 5.00 Å². The van der Waals surface area contributed by atoms with Crippen LogP contribution in [0.5, 0.6) is 5.75 Å². The number of thiophene rings is 1. The Morgan fingerprint density at radius 3 is 2.13 bits per heavy atom. The molecule has 0 fully saturated rings. The molecule has 4 rings (SSSR count). The molecule has 8 nitrogen and oxygen atoms in total. The summed E-state index contributed by atoms with van der Waals surface area (Å²) in [5, 5.41) is 3.15. The van der Waals surface area contributed by atoms with Crippen LogP contribution >= 0.6 is 11.3 Å². The second kappa shape index (κ2) is 11.2. The lowest BCUT2D eigenvalue weighted by Crippen LogP contribution is -2.48. The van der Waals surface area contributed by atoms with Crippen molar-refractivity contribution in [3.05, 3.63) is 70.1 Å². The normalized spacial score (nSPS) is 13.5. The van der Waals surface area contributed by atoms with Gasteiger partial charge in [-0.1, -0.05) is 38.1 Å². The van der Waals surface area contributed by atoms with Gasteiger partial charge in [-0.15, -0.1) is 11.3 Å². The molecule has 2 aromatic carbocycles. The van der Waals surface area contributed by atoms with Gasteiger partial charge in [-0.05, 0) is 56.0 Å². The molecule has 0 unspecified atom stereocenters. The standard InChI is InChI=1S/C29H30N2O6S/c1-6-37-19-13-11-18(12-14-19)23-17(4)38-26(24(23)29(35)36-5)30-25(32)22(15-16(2)3)31-27(33)20-9-7-8-10-21(20)28(31)34/h7-14,16,22H,6,15H2,1-5H3,(H,30,32)/t22-/m0/s1. The number of hydrogen-bond donors (Lipinski definition) is 1. The number of imide groups is 1. The Hall–Kier alpha value is -3.98. The second-order valence-electron chi connectivity index (χ2n) is 9.35. The zero-order chi connectivity index (χ0) is 27.6. The van der Waals surface area contributed by atoms with Crippen LogP contribution in [0.1, 0.15) is 63.1 Å². The highest BCUT2D eigenvalue weighted by Crippen LogP contribution is 2.41. The minimum atomic E-state index is -1.05. The summed E-state index contributed by atoms with van der Waals surface area (Å²) < 4.78 is 10.6. The number of rotatable bonds is 9. The quantitative estimate of drug-likeness (QED) is 0.285. The third kappa shape index (κ3) is 5.06. The lowest BCUT2D eigenvalue weighted by Gasteiger charge is -2.26. The Kier molecular flexibility index (Phi) is 7.97. The van der Waals surface area contributed by atoms with Crippen molar-refractivity contribution >= 4 is 40.0 Å². The molecule has 0 bridgehead atoms. The molecule has 1 aromatic heterocycles. The van der Waals surface area contributed by atoms with E-state index < -0.39 is 29.7 Å². The fraction of sp³-hybridized carbons (Fsp3) is 0.310. The van der Waals surface area contributed by atoms with Crippen molar-refractivity contribution in [2.45, 2.75) is 40.2 Å². The Bertz CT molecular complexity index is 1360. The summed E-state index contributed by atoms with van der Waals surface area (Å²) >= 11 is 1.24. The summed E-state index contributed by atoms with van der Waals surface area (Å²) in [7, 11) is 1.28. The number of nitrogens with zero attached hydrogens (tertiary/aromatic N) is 1. The molecule has 1 N–H and O–H groups in total. The maximum atomic E-state index is 13.7. The molecule has 0 spiro atoms. The summed E-state index contributed by atoms with van der Waals surface area (Å²) in [6.45, 7) is 8.12. The number of benzene rings is 2. The molecule has 1 aliphatic heterocycles. The van der Waals surface area contributed by atoms with Gasteiger partial charge in [0.25, 0.3) is 11.8 Å². The molecule has 0 radical (unpaired) electrons. The van der Waals surface area contributed by atoms with Gasteiger partial charge in [-0.25, -0.2) is 4.79 Å². The molecular formula is C29H30N2O6S. The highest BCUT2D eigenvalue weighted by atomic mass is 32.1. The van der Waals surface area contributed by atoms with Crippen LogP contribution < -0.4 is 10.1 Å². The van der Waals surface area contributed by atoms with Crippen LogP contribution in [0.3, 0.4) is 0 Å². The van der Waals surface area contributed by atoms with Crippen LogP contribution in [0.15, 0.2) is 48.5 Å². The van der Waals surface area contributed by atoms with E-state index in [-0.39, 0.29) is 29.0 Å². The number of anilines is 1. The van der Waals surface area contributed by atoms with Crippen molar-refractivity contribution in [1.82, 2.24) is 4.90 Å². The Labute approximate surface area is 225 Å². The minimum Gasteiger partial charge on any atom is -0.494 e. The van der Waals surface area contributed by atoms with E-state index in [0.717, 1.165) is 15.3 Å². The fourth-order valence-corrected chi connectivity index (χ4v) is 5.69. The maximum Gasteiger partial charge on any atom is 0.341 e. The molecule has 9 heteroatoms. The summed E-state index contributed by atoms with van der Waals surface area (Å²) in [6.07, 6.45) is 0.265. The van der Waals surface area contributed by atoms with E-state index in [4.69, 9.17) is 9.47 Å². The first-order chi connectivity index (χ1) is 18.2. The van der Waals surface area contributed by atoms with Crippen LogP contribution in [-0.2, 0) is 9.53 Å². The number of carbonyl (C=O) groups excluding carboxylic acids is 4. The van der Waals surface area contributed by atoms with Gasteiger partial charge in [0.15, 0.2) is 0 Å². The predicted molar refractivity (Wildman–Crippen MR) is 146 cm³/mol. The lowest BCUT2D eigenvalue weighted by molar-refractivity contribution is -0.120. The number of esters is 1. The van der Waals surface area contributed by atoms with Gasteiger partial charge in [-0.2, -0.15) is 0 Å². The van der Waals surface area contributed by atoms with E-state index in [0.29, 0.717) is 22.9 Å². The largest absolute Gasteiger partial charge is 0.494 e. The Morgan fingerprint density at radius 2 is 1.61 bits per heavy atom.